The monoisotopic (exact) mass is 213 g/mol. The van der Waals surface area contributed by atoms with Crippen LogP contribution in [0.2, 0.25) is 0 Å². The predicted molar refractivity (Wildman–Crippen MR) is 65.5 cm³/mol. The first-order valence-corrected chi connectivity index (χ1v) is 5.39. The lowest BCUT2D eigenvalue weighted by Crippen LogP contribution is -2.27. The van der Waals surface area contributed by atoms with E-state index in [4.69, 9.17) is 0 Å². The molecule has 0 bridgehead atoms. The topological polar surface area (TPSA) is 29.4 Å². The van der Waals surface area contributed by atoms with Crippen molar-refractivity contribution >= 4 is 11.5 Å². The molecule has 0 radical (unpaired) electrons. The third kappa shape index (κ3) is 1.60. The van der Waals surface area contributed by atoms with Crippen LogP contribution >= 0.6 is 0 Å². The zero-order valence-electron chi connectivity index (χ0n) is 9.82. The minimum atomic E-state index is -0.285. The van der Waals surface area contributed by atoms with Gasteiger partial charge in [0, 0.05) is 17.2 Å². The predicted octanol–water partition coefficient (Wildman–Crippen LogP) is 2.99. The molecule has 1 aliphatic heterocycles. The van der Waals surface area contributed by atoms with Gasteiger partial charge in [-0.25, -0.2) is 0 Å². The number of ketones is 1. The summed E-state index contributed by atoms with van der Waals surface area (Å²) in [6.07, 6.45) is 1.70. The summed E-state index contributed by atoms with van der Waals surface area (Å²) in [4.78, 5) is 15.9. The average Bonchev–Trinajstić information content (AvgIpc) is 2.55. The number of carbonyl (C=O) groups is 1. The Morgan fingerprint density at radius 3 is 2.31 bits per heavy atom. The zero-order valence-corrected chi connectivity index (χ0v) is 9.82. The van der Waals surface area contributed by atoms with Crippen molar-refractivity contribution in [3.8, 4) is 0 Å². The number of allylic oxidation sites excluding steroid dienone is 1. The van der Waals surface area contributed by atoms with Gasteiger partial charge in [0.25, 0.3) is 0 Å². The van der Waals surface area contributed by atoms with Crippen LogP contribution in [0.4, 0.5) is 0 Å². The molecule has 16 heavy (non-hydrogen) atoms. The molecule has 0 saturated carbocycles. The number of hydrogen-bond donors (Lipinski definition) is 0. The Kier molecular flexibility index (Phi) is 2.50. The van der Waals surface area contributed by atoms with Gasteiger partial charge in [0.1, 0.15) is 0 Å². The molecule has 0 N–H and O–H groups in total. The lowest BCUT2D eigenvalue weighted by atomic mass is 9.77. The molecule has 0 aliphatic carbocycles. The highest BCUT2D eigenvalue weighted by Gasteiger charge is 2.36. The average molecular weight is 213 g/mol. The van der Waals surface area contributed by atoms with Crippen LogP contribution in [0, 0.1) is 5.41 Å². The summed E-state index contributed by atoms with van der Waals surface area (Å²) in [7, 11) is 0. The molecule has 0 amide bonds. The summed E-state index contributed by atoms with van der Waals surface area (Å²) >= 11 is 0. The molecule has 0 fully saturated rings. The second kappa shape index (κ2) is 3.71. The van der Waals surface area contributed by atoms with Gasteiger partial charge in [-0.1, -0.05) is 30.3 Å². The van der Waals surface area contributed by atoms with Crippen LogP contribution in [0.1, 0.15) is 26.3 Å². The molecule has 0 unspecified atom stereocenters. The molecule has 82 valence electrons. The van der Waals surface area contributed by atoms with Crippen molar-refractivity contribution in [3.05, 3.63) is 47.7 Å². The van der Waals surface area contributed by atoms with Crippen LogP contribution in [-0.4, -0.2) is 11.5 Å². The number of carbonyl (C=O) groups excluding carboxylic acids is 1. The van der Waals surface area contributed by atoms with Gasteiger partial charge in [0.15, 0.2) is 5.78 Å². The zero-order chi connectivity index (χ0) is 11.8. The smallest absolute Gasteiger partial charge is 0.158 e. The Labute approximate surface area is 95.7 Å². The SMILES string of the molecule is CC(=O)C1=CN=C(c2ccccc2)C1(C)C. The number of rotatable bonds is 2. The summed E-state index contributed by atoms with van der Waals surface area (Å²) in [5.41, 5.74) is 2.55. The minimum Gasteiger partial charge on any atom is -0.295 e. The molecule has 2 nitrogen and oxygen atoms in total. The maximum Gasteiger partial charge on any atom is 0.158 e. The van der Waals surface area contributed by atoms with E-state index in [2.05, 4.69) is 4.99 Å². The van der Waals surface area contributed by atoms with Crippen molar-refractivity contribution in [2.24, 2.45) is 10.4 Å². The Balaban J connectivity index is 2.40. The van der Waals surface area contributed by atoms with E-state index in [1.165, 1.54) is 0 Å². The third-order valence-electron chi connectivity index (χ3n) is 3.01. The van der Waals surface area contributed by atoms with Crippen LogP contribution in [0.15, 0.2) is 47.1 Å². The fourth-order valence-electron chi connectivity index (χ4n) is 2.14. The highest BCUT2D eigenvalue weighted by Crippen LogP contribution is 2.36. The fraction of sp³-hybridized carbons (Fsp3) is 0.286. The molecule has 1 aliphatic rings. The van der Waals surface area contributed by atoms with E-state index in [0.29, 0.717) is 0 Å². The normalized spacial score (nSPS) is 17.9. The van der Waals surface area contributed by atoms with Gasteiger partial charge >= 0.3 is 0 Å². The van der Waals surface area contributed by atoms with E-state index in [1.807, 2.05) is 44.2 Å². The van der Waals surface area contributed by atoms with Crippen LogP contribution in [-0.2, 0) is 4.79 Å². The second-order valence-corrected chi connectivity index (χ2v) is 4.57. The number of nitrogens with zero attached hydrogens (tertiary/aromatic N) is 1. The summed E-state index contributed by atoms with van der Waals surface area (Å²) in [6, 6.07) is 10.00. The highest BCUT2D eigenvalue weighted by atomic mass is 16.1. The van der Waals surface area contributed by atoms with Gasteiger partial charge in [-0.2, -0.15) is 0 Å². The maximum atomic E-state index is 11.5. The molecular weight excluding hydrogens is 198 g/mol. The van der Waals surface area contributed by atoms with Crippen LogP contribution < -0.4 is 0 Å². The van der Waals surface area contributed by atoms with E-state index < -0.39 is 0 Å². The van der Waals surface area contributed by atoms with Crippen molar-refractivity contribution in [3.63, 3.8) is 0 Å². The quantitative estimate of drug-likeness (QED) is 0.742. The highest BCUT2D eigenvalue weighted by molar-refractivity contribution is 6.14. The van der Waals surface area contributed by atoms with Gasteiger partial charge in [-0.3, -0.25) is 9.79 Å². The number of Topliss-reactive ketones (excluding diaryl/α,β-unsaturated/α-hetero) is 1. The molecule has 2 heteroatoms. The van der Waals surface area contributed by atoms with Gasteiger partial charge in [-0.05, 0) is 26.3 Å². The Bertz CT molecular complexity index is 481. The van der Waals surface area contributed by atoms with Crippen molar-refractivity contribution in [2.75, 3.05) is 0 Å². The Morgan fingerprint density at radius 2 is 1.81 bits per heavy atom. The van der Waals surface area contributed by atoms with Crippen molar-refractivity contribution in [1.82, 2.24) is 0 Å². The molecule has 1 aromatic carbocycles. The standard InChI is InChI=1S/C14H15NO/c1-10(16)12-9-15-13(14(12,2)3)11-7-5-4-6-8-11/h4-9H,1-3H3. The third-order valence-corrected chi connectivity index (χ3v) is 3.01. The molecule has 0 spiro atoms. The maximum absolute atomic E-state index is 11.5. The Morgan fingerprint density at radius 1 is 1.19 bits per heavy atom. The van der Waals surface area contributed by atoms with Gasteiger partial charge in [0.05, 0.1) is 5.71 Å². The van der Waals surface area contributed by atoms with Crippen molar-refractivity contribution in [2.45, 2.75) is 20.8 Å². The molecule has 0 aromatic heterocycles. The van der Waals surface area contributed by atoms with Gasteiger partial charge < -0.3 is 0 Å². The largest absolute Gasteiger partial charge is 0.295 e. The number of aliphatic imine (C=N–C) groups is 1. The van der Waals surface area contributed by atoms with E-state index in [-0.39, 0.29) is 11.2 Å². The lowest BCUT2D eigenvalue weighted by Gasteiger charge is -2.23. The number of benzene rings is 1. The van der Waals surface area contributed by atoms with E-state index in [0.717, 1.165) is 16.8 Å². The lowest BCUT2D eigenvalue weighted by molar-refractivity contribution is -0.114. The minimum absolute atomic E-state index is 0.0969. The van der Waals surface area contributed by atoms with Crippen LogP contribution in [0.5, 0.6) is 0 Å². The van der Waals surface area contributed by atoms with Crippen molar-refractivity contribution < 1.29 is 4.79 Å². The summed E-state index contributed by atoms with van der Waals surface area (Å²) in [5, 5.41) is 0. The van der Waals surface area contributed by atoms with E-state index in [9.17, 15) is 4.79 Å². The Hall–Kier alpha value is -1.70. The number of hydrogen-bond acceptors (Lipinski definition) is 2. The molecular formula is C14H15NO. The fourth-order valence-corrected chi connectivity index (χ4v) is 2.14. The van der Waals surface area contributed by atoms with E-state index >= 15 is 0 Å². The second-order valence-electron chi connectivity index (χ2n) is 4.57. The molecule has 2 rings (SSSR count). The molecule has 1 heterocycles. The summed E-state index contributed by atoms with van der Waals surface area (Å²) in [5.74, 6) is 0.0969. The van der Waals surface area contributed by atoms with Crippen molar-refractivity contribution in [1.29, 1.82) is 0 Å². The first-order valence-electron chi connectivity index (χ1n) is 5.39. The summed E-state index contributed by atoms with van der Waals surface area (Å²) < 4.78 is 0. The van der Waals surface area contributed by atoms with Crippen LogP contribution in [0.3, 0.4) is 0 Å². The first-order chi connectivity index (χ1) is 7.53. The van der Waals surface area contributed by atoms with Gasteiger partial charge in [-0.15, -0.1) is 0 Å². The molecule has 0 atom stereocenters. The first kappa shape index (κ1) is 10.8. The summed E-state index contributed by atoms with van der Waals surface area (Å²) in [6.45, 7) is 5.68. The van der Waals surface area contributed by atoms with Gasteiger partial charge in [0.2, 0.25) is 0 Å². The van der Waals surface area contributed by atoms with E-state index in [1.54, 1.807) is 13.1 Å². The molecule has 1 aromatic rings. The molecule has 0 saturated heterocycles. The van der Waals surface area contributed by atoms with Crippen LogP contribution in [0.25, 0.3) is 0 Å².